The van der Waals surface area contributed by atoms with Crippen molar-refractivity contribution in [2.45, 2.75) is 77.9 Å². The van der Waals surface area contributed by atoms with Crippen LogP contribution in [0, 0.1) is 5.92 Å². The Labute approximate surface area is 236 Å². The van der Waals surface area contributed by atoms with Crippen LogP contribution < -0.4 is 19.7 Å². The number of amides is 3. The van der Waals surface area contributed by atoms with Gasteiger partial charge in [0.05, 0.1) is 0 Å². The summed E-state index contributed by atoms with van der Waals surface area (Å²) in [4.78, 5) is 40.5. The van der Waals surface area contributed by atoms with Crippen molar-refractivity contribution < 1.29 is 32.7 Å². The molecular formula is C29H40N3O7P. The maximum atomic E-state index is 14.4. The first-order valence-corrected chi connectivity index (χ1v) is 15.1. The van der Waals surface area contributed by atoms with Crippen molar-refractivity contribution in [2.75, 3.05) is 6.54 Å². The molecule has 11 heteroatoms. The summed E-state index contributed by atoms with van der Waals surface area (Å²) in [7, 11) is -4.03. The molecule has 3 amide bonds. The first-order valence-electron chi connectivity index (χ1n) is 13.5. The molecule has 2 aromatic carbocycles. The summed E-state index contributed by atoms with van der Waals surface area (Å²) in [6.07, 6.45) is 0.310. The van der Waals surface area contributed by atoms with Gasteiger partial charge < -0.3 is 29.3 Å². The third-order valence-corrected chi connectivity index (χ3v) is 8.49. The Kier molecular flexibility index (Phi) is 10.3. The SMILES string of the molecule is CC(C)C(NC(=O)[C@@H]1CCCN1C(=O)[C@H](C)NC(=O)OC(C)(C)C)P(=O)(Oc1ccccc1)Oc1ccccc1. The van der Waals surface area contributed by atoms with Crippen LogP contribution in [0.4, 0.5) is 4.79 Å². The molecule has 0 aliphatic carbocycles. The molecule has 0 spiro atoms. The molecule has 1 unspecified atom stereocenters. The van der Waals surface area contributed by atoms with Gasteiger partial charge in [-0.15, -0.1) is 0 Å². The molecule has 1 aliphatic heterocycles. The van der Waals surface area contributed by atoms with E-state index in [0.29, 0.717) is 30.9 Å². The molecule has 1 saturated heterocycles. The van der Waals surface area contributed by atoms with Crippen LogP contribution in [-0.4, -0.2) is 52.8 Å². The number of alkyl carbamates (subject to hydrolysis) is 1. The predicted octanol–water partition coefficient (Wildman–Crippen LogP) is 5.34. The minimum Gasteiger partial charge on any atom is -0.444 e. The lowest BCUT2D eigenvalue weighted by Gasteiger charge is -2.33. The topological polar surface area (TPSA) is 123 Å². The molecule has 0 saturated carbocycles. The van der Waals surface area contributed by atoms with Crippen molar-refractivity contribution in [1.82, 2.24) is 15.5 Å². The molecule has 0 radical (unpaired) electrons. The fourth-order valence-electron chi connectivity index (χ4n) is 4.34. The molecule has 0 bridgehead atoms. The fourth-order valence-corrected chi connectivity index (χ4v) is 6.45. The van der Waals surface area contributed by atoms with Crippen molar-refractivity contribution in [3.63, 3.8) is 0 Å². The van der Waals surface area contributed by atoms with Gasteiger partial charge in [0.1, 0.15) is 29.2 Å². The van der Waals surface area contributed by atoms with Crippen LogP contribution in [0.25, 0.3) is 0 Å². The third kappa shape index (κ3) is 8.49. The van der Waals surface area contributed by atoms with Gasteiger partial charge in [0, 0.05) is 6.54 Å². The Hall–Kier alpha value is -3.52. The molecular weight excluding hydrogens is 533 g/mol. The van der Waals surface area contributed by atoms with E-state index in [1.165, 1.54) is 4.90 Å². The summed E-state index contributed by atoms with van der Waals surface area (Å²) in [6.45, 7) is 10.7. The van der Waals surface area contributed by atoms with Crippen molar-refractivity contribution >= 4 is 25.5 Å². The standard InChI is InChI=1S/C29H40N3O7P/c1-20(2)26(40(36,38-22-14-9-7-10-15-22)39-23-16-11-8-12-17-23)31-25(33)24-18-13-19-32(24)27(34)21(3)30-28(35)37-29(4,5)6/h7-12,14-17,20-21,24,26H,13,18-19H2,1-6H3,(H,30,35)(H,31,33)/t21-,24-,26?/m0/s1. The zero-order chi connectivity index (χ0) is 29.5. The van der Waals surface area contributed by atoms with E-state index in [1.807, 2.05) is 26.0 Å². The van der Waals surface area contributed by atoms with Gasteiger partial charge in [-0.2, -0.15) is 0 Å². The number of hydrogen-bond acceptors (Lipinski definition) is 7. The van der Waals surface area contributed by atoms with E-state index in [1.54, 1.807) is 76.2 Å². The van der Waals surface area contributed by atoms with Crippen LogP contribution in [-0.2, 0) is 18.9 Å². The molecule has 1 fully saturated rings. The zero-order valence-corrected chi connectivity index (χ0v) is 24.9. The van der Waals surface area contributed by atoms with Crippen molar-refractivity contribution in [2.24, 2.45) is 5.92 Å². The fraction of sp³-hybridized carbons (Fsp3) is 0.483. The first kappa shape index (κ1) is 31.0. The minimum atomic E-state index is -4.03. The van der Waals surface area contributed by atoms with Crippen LogP contribution in [0.15, 0.2) is 60.7 Å². The van der Waals surface area contributed by atoms with E-state index in [-0.39, 0.29) is 5.92 Å². The average Bonchev–Trinajstić information content (AvgIpc) is 3.36. The molecule has 2 aromatic rings. The predicted molar refractivity (Wildman–Crippen MR) is 152 cm³/mol. The van der Waals surface area contributed by atoms with Gasteiger partial charge in [0.15, 0.2) is 5.78 Å². The maximum absolute atomic E-state index is 14.4. The molecule has 2 N–H and O–H groups in total. The number of rotatable bonds is 10. The summed E-state index contributed by atoms with van der Waals surface area (Å²) in [5.74, 6) is -1.57. The van der Waals surface area contributed by atoms with Gasteiger partial charge >= 0.3 is 13.7 Å². The monoisotopic (exact) mass is 573 g/mol. The highest BCUT2D eigenvalue weighted by Crippen LogP contribution is 2.54. The number of nitrogens with zero attached hydrogens (tertiary/aromatic N) is 1. The molecule has 3 atom stereocenters. The van der Waals surface area contributed by atoms with Gasteiger partial charge in [-0.25, -0.2) is 9.36 Å². The lowest BCUT2D eigenvalue weighted by molar-refractivity contribution is -0.139. The molecule has 10 nitrogen and oxygen atoms in total. The lowest BCUT2D eigenvalue weighted by Crippen LogP contribution is -2.54. The maximum Gasteiger partial charge on any atom is 0.453 e. The molecule has 1 heterocycles. The van der Waals surface area contributed by atoms with Crippen LogP contribution in [0.3, 0.4) is 0 Å². The van der Waals surface area contributed by atoms with E-state index in [4.69, 9.17) is 13.8 Å². The number of nitrogens with one attached hydrogen (secondary N) is 2. The number of likely N-dealkylation sites (tertiary alicyclic amines) is 1. The zero-order valence-electron chi connectivity index (χ0n) is 24.0. The molecule has 1 aliphatic rings. The number of hydrogen-bond donors (Lipinski definition) is 2. The summed E-state index contributed by atoms with van der Waals surface area (Å²) in [5.41, 5.74) is -0.716. The number of carbonyl (C=O) groups is 3. The van der Waals surface area contributed by atoms with E-state index in [2.05, 4.69) is 10.6 Å². The highest BCUT2D eigenvalue weighted by atomic mass is 31.2. The van der Waals surface area contributed by atoms with Gasteiger partial charge in [-0.05, 0) is 70.7 Å². The Morgan fingerprint density at radius 3 is 1.90 bits per heavy atom. The average molecular weight is 574 g/mol. The Morgan fingerprint density at radius 1 is 0.900 bits per heavy atom. The smallest absolute Gasteiger partial charge is 0.444 e. The lowest BCUT2D eigenvalue weighted by atomic mass is 10.1. The van der Waals surface area contributed by atoms with Crippen LogP contribution in [0.2, 0.25) is 0 Å². The van der Waals surface area contributed by atoms with Crippen LogP contribution >= 0.6 is 7.60 Å². The van der Waals surface area contributed by atoms with Gasteiger partial charge in [-0.3, -0.25) is 9.59 Å². The number of benzene rings is 2. The quantitative estimate of drug-likeness (QED) is 0.368. The summed E-state index contributed by atoms with van der Waals surface area (Å²) >= 11 is 0. The second kappa shape index (κ2) is 13.2. The highest BCUT2D eigenvalue weighted by Gasteiger charge is 2.45. The molecule has 3 rings (SSSR count). The summed E-state index contributed by atoms with van der Waals surface area (Å²) in [6, 6.07) is 15.6. The second-order valence-electron chi connectivity index (χ2n) is 11.1. The van der Waals surface area contributed by atoms with Gasteiger partial charge in [0.25, 0.3) is 0 Å². The number of para-hydroxylation sites is 2. The van der Waals surface area contributed by atoms with E-state index in [9.17, 15) is 18.9 Å². The Bertz CT molecular complexity index is 1160. The molecule has 218 valence electrons. The normalized spacial score (nSPS) is 17.1. The molecule has 40 heavy (non-hydrogen) atoms. The second-order valence-corrected chi connectivity index (χ2v) is 13.1. The Morgan fingerprint density at radius 2 is 1.43 bits per heavy atom. The number of ether oxygens (including phenoxy) is 1. The third-order valence-electron chi connectivity index (χ3n) is 6.16. The van der Waals surface area contributed by atoms with Gasteiger partial charge in [0.2, 0.25) is 11.8 Å². The van der Waals surface area contributed by atoms with Crippen molar-refractivity contribution in [3.8, 4) is 11.5 Å². The highest BCUT2D eigenvalue weighted by molar-refractivity contribution is 7.55. The van der Waals surface area contributed by atoms with Crippen molar-refractivity contribution in [3.05, 3.63) is 60.7 Å². The largest absolute Gasteiger partial charge is 0.453 e. The first-order chi connectivity index (χ1) is 18.8. The summed E-state index contributed by atoms with van der Waals surface area (Å²) in [5, 5.41) is 5.42. The van der Waals surface area contributed by atoms with E-state index < -0.39 is 49.0 Å². The van der Waals surface area contributed by atoms with Crippen LogP contribution in [0.5, 0.6) is 11.5 Å². The van der Waals surface area contributed by atoms with E-state index in [0.717, 1.165) is 0 Å². The number of carbonyl (C=O) groups excluding carboxylic acids is 3. The Balaban J connectivity index is 1.80. The molecule has 0 aromatic heterocycles. The summed E-state index contributed by atoms with van der Waals surface area (Å²) < 4.78 is 31.6. The van der Waals surface area contributed by atoms with Gasteiger partial charge in [-0.1, -0.05) is 50.2 Å². The minimum absolute atomic E-state index is 0.335. The van der Waals surface area contributed by atoms with E-state index >= 15 is 0 Å². The van der Waals surface area contributed by atoms with Crippen LogP contribution in [0.1, 0.15) is 54.4 Å². The van der Waals surface area contributed by atoms with Crippen molar-refractivity contribution in [1.29, 1.82) is 0 Å².